The molecule has 1 aromatic rings. The van der Waals surface area contributed by atoms with Gasteiger partial charge in [0, 0.05) is 0 Å². The zero-order chi connectivity index (χ0) is 12.5. The molecule has 0 aliphatic heterocycles. The van der Waals surface area contributed by atoms with Crippen molar-refractivity contribution in [3.63, 3.8) is 0 Å². The van der Waals surface area contributed by atoms with Crippen LogP contribution in [0.5, 0.6) is 0 Å². The largest absolute Gasteiger partial charge is 0.461 e. The van der Waals surface area contributed by atoms with Gasteiger partial charge in [-0.05, 0) is 12.0 Å². The van der Waals surface area contributed by atoms with Crippen LogP contribution in [0.25, 0.3) is 0 Å². The molecule has 2 nitrogen and oxygen atoms in total. The summed E-state index contributed by atoms with van der Waals surface area (Å²) in [6, 6.07) is 9.80. The molecule has 0 aliphatic rings. The molecule has 2 heteroatoms. The van der Waals surface area contributed by atoms with Gasteiger partial charge in [-0.1, -0.05) is 63.4 Å². The molecule has 0 saturated carbocycles. The average Bonchev–Trinajstić information content (AvgIpc) is 2.37. The molecule has 1 rings (SSSR count). The number of benzene rings is 1. The van der Waals surface area contributed by atoms with Crippen LogP contribution in [0, 0.1) is 5.92 Å². The number of rotatable bonds is 7. The first-order valence-electron chi connectivity index (χ1n) is 6.44. The molecule has 94 valence electrons. The fourth-order valence-corrected chi connectivity index (χ4v) is 1.69. The number of esters is 1. The van der Waals surface area contributed by atoms with Crippen LogP contribution in [0.1, 0.15) is 45.1 Å². The van der Waals surface area contributed by atoms with Crippen molar-refractivity contribution in [2.45, 2.75) is 46.1 Å². The van der Waals surface area contributed by atoms with E-state index in [0.29, 0.717) is 6.61 Å². The Kier molecular flexibility index (Phi) is 6.38. The predicted octanol–water partition coefficient (Wildman–Crippen LogP) is 3.95. The highest BCUT2D eigenvalue weighted by Crippen LogP contribution is 2.12. The summed E-state index contributed by atoms with van der Waals surface area (Å²) in [6.07, 6.45) is 4.42. The Morgan fingerprint density at radius 2 is 1.94 bits per heavy atom. The molecule has 0 N–H and O–H groups in total. The molecule has 0 saturated heterocycles. The van der Waals surface area contributed by atoms with E-state index in [4.69, 9.17) is 4.74 Å². The van der Waals surface area contributed by atoms with Gasteiger partial charge in [-0.15, -0.1) is 0 Å². The Hall–Kier alpha value is -1.31. The number of unbranched alkanes of at least 4 members (excludes halogenated alkanes) is 2. The first-order valence-corrected chi connectivity index (χ1v) is 6.44. The van der Waals surface area contributed by atoms with Crippen molar-refractivity contribution in [3.8, 4) is 0 Å². The van der Waals surface area contributed by atoms with Crippen LogP contribution < -0.4 is 0 Å². The molecule has 0 amide bonds. The van der Waals surface area contributed by atoms with Gasteiger partial charge in [0.1, 0.15) is 6.61 Å². The summed E-state index contributed by atoms with van der Waals surface area (Å²) in [4.78, 5) is 11.7. The van der Waals surface area contributed by atoms with E-state index >= 15 is 0 Å². The van der Waals surface area contributed by atoms with Gasteiger partial charge in [0.25, 0.3) is 0 Å². The summed E-state index contributed by atoms with van der Waals surface area (Å²) in [6.45, 7) is 4.50. The first-order chi connectivity index (χ1) is 8.24. The number of ether oxygens (including phenoxy) is 1. The summed E-state index contributed by atoms with van der Waals surface area (Å²) < 4.78 is 5.28. The monoisotopic (exact) mass is 234 g/mol. The zero-order valence-corrected chi connectivity index (χ0v) is 10.8. The van der Waals surface area contributed by atoms with Crippen LogP contribution in [0.4, 0.5) is 0 Å². The second kappa shape index (κ2) is 7.88. The lowest BCUT2D eigenvalue weighted by Gasteiger charge is -2.11. The normalized spacial score (nSPS) is 12.1. The van der Waals surface area contributed by atoms with Crippen LogP contribution in [0.2, 0.25) is 0 Å². The van der Waals surface area contributed by atoms with Crippen molar-refractivity contribution in [3.05, 3.63) is 35.9 Å². The minimum atomic E-state index is -0.0787. The second-order valence-corrected chi connectivity index (χ2v) is 4.49. The third-order valence-electron chi connectivity index (χ3n) is 2.87. The van der Waals surface area contributed by atoms with Gasteiger partial charge in [0.15, 0.2) is 0 Å². The van der Waals surface area contributed by atoms with Gasteiger partial charge >= 0.3 is 5.97 Å². The van der Waals surface area contributed by atoms with Crippen molar-refractivity contribution in [2.24, 2.45) is 5.92 Å². The Balaban J connectivity index is 2.24. The maximum atomic E-state index is 11.7. The highest BCUT2D eigenvalue weighted by atomic mass is 16.5. The van der Waals surface area contributed by atoms with Crippen molar-refractivity contribution >= 4 is 5.97 Å². The van der Waals surface area contributed by atoms with Crippen molar-refractivity contribution in [1.29, 1.82) is 0 Å². The summed E-state index contributed by atoms with van der Waals surface area (Å²) in [7, 11) is 0. The predicted molar refractivity (Wildman–Crippen MR) is 69.5 cm³/mol. The highest BCUT2D eigenvalue weighted by Gasteiger charge is 2.13. The van der Waals surface area contributed by atoms with Gasteiger partial charge in [0.05, 0.1) is 5.92 Å². The van der Waals surface area contributed by atoms with Crippen molar-refractivity contribution < 1.29 is 9.53 Å². The summed E-state index contributed by atoms with van der Waals surface area (Å²) in [5.74, 6) is -0.0600. The lowest BCUT2D eigenvalue weighted by molar-refractivity contribution is -0.149. The van der Waals surface area contributed by atoms with Crippen LogP contribution in [-0.2, 0) is 16.1 Å². The SMILES string of the molecule is CCCCCC(C)C(=O)OCc1ccccc1. The van der Waals surface area contributed by atoms with Crippen molar-refractivity contribution in [1.82, 2.24) is 0 Å². The van der Waals surface area contributed by atoms with E-state index in [1.54, 1.807) is 0 Å². The van der Waals surface area contributed by atoms with E-state index in [-0.39, 0.29) is 11.9 Å². The summed E-state index contributed by atoms with van der Waals surface area (Å²) in [5.41, 5.74) is 1.04. The molecule has 0 spiro atoms. The molecular weight excluding hydrogens is 212 g/mol. The lowest BCUT2D eigenvalue weighted by atomic mass is 10.0. The molecule has 0 aliphatic carbocycles. The number of carbonyl (C=O) groups excluding carboxylic acids is 1. The molecular formula is C15H22O2. The fourth-order valence-electron chi connectivity index (χ4n) is 1.69. The maximum absolute atomic E-state index is 11.7. The Labute approximate surface area is 104 Å². The van der Waals surface area contributed by atoms with E-state index in [2.05, 4.69) is 6.92 Å². The molecule has 1 atom stereocenters. The highest BCUT2D eigenvalue weighted by molar-refractivity contribution is 5.71. The third-order valence-corrected chi connectivity index (χ3v) is 2.87. The molecule has 0 radical (unpaired) electrons. The number of hydrogen-bond acceptors (Lipinski definition) is 2. The van der Waals surface area contributed by atoms with E-state index < -0.39 is 0 Å². The van der Waals surface area contributed by atoms with Crippen LogP contribution in [-0.4, -0.2) is 5.97 Å². The number of carbonyl (C=O) groups is 1. The van der Waals surface area contributed by atoms with Crippen molar-refractivity contribution in [2.75, 3.05) is 0 Å². The van der Waals surface area contributed by atoms with E-state index in [0.717, 1.165) is 18.4 Å². The van der Waals surface area contributed by atoms with E-state index in [1.165, 1.54) is 12.8 Å². The lowest BCUT2D eigenvalue weighted by Crippen LogP contribution is -2.14. The zero-order valence-electron chi connectivity index (χ0n) is 10.8. The van der Waals surface area contributed by atoms with Crippen LogP contribution in [0.3, 0.4) is 0 Å². The van der Waals surface area contributed by atoms with Gasteiger partial charge in [-0.25, -0.2) is 0 Å². The quantitative estimate of drug-likeness (QED) is 0.527. The maximum Gasteiger partial charge on any atom is 0.308 e. The van der Waals surface area contributed by atoms with Gasteiger partial charge < -0.3 is 4.74 Å². The summed E-state index contributed by atoms with van der Waals surface area (Å²) >= 11 is 0. The summed E-state index contributed by atoms with van der Waals surface area (Å²) in [5, 5.41) is 0. The molecule has 0 fully saturated rings. The molecule has 1 unspecified atom stereocenters. The van der Waals surface area contributed by atoms with Gasteiger partial charge in [-0.3, -0.25) is 4.79 Å². The van der Waals surface area contributed by atoms with Gasteiger partial charge in [-0.2, -0.15) is 0 Å². The molecule has 1 aromatic carbocycles. The molecule has 0 bridgehead atoms. The van der Waals surface area contributed by atoms with Crippen LogP contribution >= 0.6 is 0 Å². The van der Waals surface area contributed by atoms with Crippen LogP contribution in [0.15, 0.2) is 30.3 Å². The molecule has 17 heavy (non-hydrogen) atoms. The topological polar surface area (TPSA) is 26.3 Å². The minimum Gasteiger partial charge on any atom is -0.461 e. The van der Waals surface area contributed by atoms with Gasteiger partial charge in [0.2, 0.25) is 0 Å². The fraction of sp³-hybridized carbons (Fsp3) is 0.533. The third kappa shape index (κ3) is 5.53. The van der Waals surface area contributed by atoms with E-state index in [9.17, 15) is 4.79 Å². The molecule has 0 heterocycles. The average molecular weight is 234 g/mol. The molecule has 0 aromatic heterocycles. The Bertz CT molecular complexity index is 319. The first kappa shape index (κ1) is 13.8. The Morgan fingerprint density at radius 1 is 1.24 bits per heavy atom. The number of hydrogen-bond donors (Lipinski definition) is 0. The Morgan fingerprint density at radius 3 is 2.59 bits per heavy atom. The second-order valence-electron chi connectivity index (χ2n) is 4.49. The smallest absolute Gasteiger partial charge is 0.308 e. The van der Waals surface area contributed by atoms with E-state index in [1.807, 2.05) is 37.3 Å². The minimum absolute atomic E-state index is 0.0188. The standard InChI is InChI=1S/C15H22O2/c1-3-4-6-9-13(2)15(16)17-12-14-10-7-5-8-11-14/h5,7-8,10-11,13H,3-4,6,9,12H2,1-2H3.